The zero-order chi connectivity index (χ0) is 39.5. The number of nitrogens with one attached hydrogen (secondary N) is 2. The van der Waals surface area contributed by atoms with Gasteiger partial charge in [-0.25, -0.2) is 0 Å². The summed E-state index contributed by atoms with van der Waals surface area (Å²) in [7, 11) is 0. The number of aliphatic hydroxyl groups is 1. The Balaban J connectivity index is 2.09. The van der Waals surface area contributed by atoms with Crippen LogP contribution >= 0.6 is 0 Å². The first-order chi connectivity index (χ1) is 25.2. The van der Waals surface area contributed by atoms with Crippen LogP contribution in [0.25, 0.3) is 11.1 Å². The van der Waals surface area contributed by atoms with Gasteiger partial charge in [0.25, 0.3) is 6.92 Å². The molecule has 12 heteroatoms. The van der Waals surface area contributed by atoms with E-state index >= 15 is 0 Å². The largest absolute Gasteiger partial charge is 0.450 e. The van der Waals surface area contributed by atoms with Crippen molar-refractivity contribution in [1.82, 2.24) is 10.6 Å². The number of carbonyl (C=O) groups excluding carboxylic acids is 5. The maximum Gasteiger partial charge on any atom is 0.289 e. The molecule has 292 valence electrons. The number of aliphatic hydroxyl groups excluding tert-OH is 1. The van der Waals surface area contributed by atoms with E-state index in [9.17, 15) is 34.1 Å². The summed E-state index contributed by atoms with van der Waals surface area (Å²) in [5, 5.41) is 25.8. The normalized spacial score (nSPS) is 14.7. The summed E-state index contributed by atoms with van der Waals surface area (Å²) in [5.41, 5.74) is 15.1. The molecule has 0 aliphatic heterocycles. The van der Waals surface area contributed by atoms with Gasteiger partial charge in [-0.2, -0.15) is 0 Å². The van der Waals surface area contributed by atoms with E-state index in [2.05, 4.69) is 41.8 Å². The number of benzene rings is 2. The van der Waals surface area contributed by atoms with Crippen LogP contribution in [0.4, 0.5) is 0 Å². The van der Waals surface area contributed by atoms with Crippen molar-refractivity contribution in [2.75, 3.05) is 13.1 Å². The second-order valence-electron chi connectivity index (χ2n) is 14.7. The maximum atomic E-state index is 13.6. The summed E-state index contributed by atoms with van der Waals surface area (Å²) < 4.78 is 0. The van der Waals surface area contributed by atoms with Gasteiger partial charge in [0.2, 0.25) is 11.8 Å². The van der Waals surface area contributed by atoms with Gasteiger partial charge in [-0.3, -0.25) is 24.0 Å². The topological polar surface area (TPSA) is 202 Å². The van der Waals surface area contributed by atoms with Gasteiger partial charge in [-0.1, -0.05) is 82.5 Å². The number of rotatable bonds is 26. The van der Waals surface area contributed by atoms with Crippen molar-refractivity contribution in [3.8, 4) is 11.1 Å². The highest BCUT2D eigenvalue weighted by atomic mass is 16.3. The molecule has 2 aromatic rings. The summed E-state index contributed by atoms with van der Waals surface area (Å²) in [6.45, 7) is 8.52. The molecule has 0 aromatic heterocycles. The number of aryl methyl sites for hydroxylation is 1. The van der Waals surface area contributed by atoms with Gasteiger partial charge < -0.3 is 32.2 Å². The Hall–Kier alpha value is -3.71. The molecule has 53 heavy (non-hydrogen) atoms. The quantitative estimate of drug-likeness (QED) is 0.0452. The number of nitrogens with two attached hydrogens (primary N) is 2. The standard InChI is InChI=1S/C41H63BN4O7/c1-6-7-11-30-14-16-31(17-15-30)32-18-20-33(21-19-32)36(48)26-34(12-10-23-44)41(52)46-39(29(4)47)38(50)24-27(2)40(51)45-35(13-8-9-22-43)37(49)25-28(3)42(5)53/h14-21,27-29,34-35,39,47,53H,6-13,22-26,43-44H2,1-5H3,(H,45,51)(H,46,52)/t27-,28-,29?,34-,35+,39+/m1/s1. The molecule has 0 aliphatic carbocycles. The van der Waals surface area contributed by atoms with Crippen LogP contribution in [-0.4, -0.2) is 77.5 Å². The summed E-state index contributed by atoms with van der Waals surface area (Å²) in [6, 6.07) is 13.6. The first-order valence-corrected chi connectivity index (χ1v) is 19.4. The minimum Gasteiger partial charge on any atom is -0.450 e. The van der Waals surface area contributed by atoms with Gasteiger partial charge in [0.15, 0.2) is 17.3 Å². The SMILES string of the molecule is CCCCc1ccc(-c2ccc(C(=O)C[C@@H](CCCN)C(=O)N[C@H](C(=O)C[C@@H](C)C(=O)N[C@@H](CCCCN)C(=O)C[C@@H](C)B(C)O)C(C)O)cc2)cc1. The third-order valence-electron chi connectivity index (χ3n) is 9.95. The average molecular weight is 735 g/mol. The molecule has 0 radical (unpaired) electrons. The van der Waals surface area contributed by atoms with E-state index in [4.69, 9.17) is 11.5 Å². The van der Waals surface area contributed by atoms with E-state index in [1.165, 1.54) is 12.5 Å². The summed E-state index contributed by atoms with van der Waals surface area (Å²) >= 11 is 0. The van der Waals surface area contributed by atoms with Gasteiger partial charge in [0.05, 0.1) is 12.1 Å². The zero-order valence-corrected chi connectivity index (χ0v) is 32.4. The zero-order valence-electron chi connectivity index (χ0n) is 32.4. The molecule has 1 unspecified atom stereocenters. The Morgan fingerprint density at radius 2 is 1.34 bits per heavy atom. The smallest absolute Gasteiger partial charge is 0.289 e. The summed E-state index contributed by atoms with van der Waals surface area (Å²) in [4.78, 5) is 66.6. The van der Waals surface area contributed by atoms with Gasteiger partial charge >= 0.3 is 0 Å². The lowest BCUT2D eigenvalue weighted by Crippen LogP contribution is -2.51. The van der Waals surface area contributed by atoms with Crippen molar-refractivity contribution in [2.45, 2.75) is 129 Å². The van der Waals surface area contributed by atoms with Gasteiger partial charge in [-0.15, -0.1) is 0 Å². The molecule has 6 atom stereocenters. The molecule has 11 nitrogen and oxygen atoms in total. The number of hydrogen-bond acceptors (Lipinski definition) is 9. The van der Waals surface area contributed by atoms with E-state index in [1.54, 1.807) is 32.8 Å². The first-order valence-electron chi connectivity index (χ1n) is 19.4. The fraction of sp³-hybridized carbons (Fsp3) is 0.585. The predicted molar refractivity (Wildman–Crippen MR) is 211 cm³/mol. The molecule has 0 heterocycles. The average Bonchev–Trinajstić information content (AvgIpc) is 3.13. The van der Waals surface area contributed by atoms with Gasteiger partial charge in [0, 0.05) is 36.7 Å². The Kier molecular flexibility index (Phi) is 20.5. The van der Waals surface area contributed by atoms with Crippen LogP contribution in [0.5, 0.6) is 0 Å². The fourth-order valence-corrected chi connectivity index (χ4v) is 6.14. The molecule has 0 spiro atoms. The summed E-state index contributed by atoms with van der Waals surface area (Å²) in [6.07, 6.45) is 4.18. The fourth-order valence-electron chi connectivity index (χ4n) is 6.14. The molecular weight excluding hydrogens is 671 g/mol. The van der Waals surface area contributed by atoms with Crippen LogP contribution < -0.4 is 22.1 Å². The van der Waals surface area contributed by atoms with Crippen LogP contribution in [0, 0.1) is 11.8 Å². The van der Waals surface area contributed by atoms with E-state index < -0.39 is 54.5 Å². The minimum absolute atomic E-state index is 0.0848. The van der Waals surface area contributed by atoms with Crippen molar-refractivity contribution in [3.63, 3.8) is 0 Å². The molecule has 0 fully saturated rings. The van der Waals surface area contributed by atoms with Gasteiger partial charge in [-0.05, 0) is 87.5 Å². The van der Waals surface area contributed by atoms with Crippen LogP contribution in [0.3, 0.4) is 0 Å². The molecule has 2 aromatic carbocycles. The lowest BCUT2D eigenvalue weighted by molar-refractivity contribution is -0.135. The van der Waals surface area contributed by atoms with Gasteiger partial charge in [0.1, 0.15) is 6.04 Å². The second kappa shape index (κ2) is 23.9. The third kappa shape index (κ3) is 15.7. The first kappa shape index (κ1) is 45.5. The summed E-state index contributed by atoms with van der Waals surface area (Å²) in [5.74, 6) is -4.00. The maximum absolute atomic E-state index is 13.6. The lowest BCUT2D eigenvalue weighted by Gasteiger charge is -2.25. The Morgan fingerprint density at radius 3 is 1.89 bits per heavy atom. The Labute approximate surface area is 316 Å². The number of unbranched alkanes of at least 4 members (excludes halogenated alkanes) is 2. The molecule has 0 aliphatic rings. The highest BCUT2D eigenvalue weighted by Gasteiger charge is 2.33. The molecule has 0 saturated carbocycles. The molecular formula is C41H63BN4O7. The van der Waals surface area contributed by atoms with Crippen molar-refractivity contribution < 1.29 is 34.1 Å². The minimum atomic E-state index is -1.31. The molecule has 2 rings (SSSR count). The number of amides is 2. The monoisotopic (exact) mass is 734 g/mol. The third-order valence-corrected chi connectivity index (χ3v) is 9.95. The molecule has 0 bridgehead atoms. The van der Waals surface area contributed by atoms with Crippen LogP contribution in [0.15, 0.2) is 48.5 Å². The number of hydrogen-bond donors (Lipinski definition) is 6. The van der Waals surface area contributed by atoms with Crippen LogP contribution in [0.2, 0.25) is 12.6 Å². The highest BCUT2D eigenvalue weighted by Crippen LogP contribution is 2.23. The highest BCUT2D eigenvalue weighted by molar-refractivity contribution is 6.50. The number of Topliss-reactive ketones (excluding diaryl/α,β-unsaturated/α-hetero) is 3. The van der Waals surface area contributed by atoms with Crippen molar-refractivity contribution >= 4 is 36.1 Å². The molecule has 0 saturated heterocycles. The van der Waals surface area contributed by atoms with Crippen LogP contribution in [0.1, 0.15) is 108 Å². The van der Waals surface area contributed by atoms with E-state index in [1.807, 2.05) is 12.1 Å². The lowest BCUT2D eigenvalue weighted by atomic mass is 9.58. The van der Waals surface area contributed by atoms with Crippen LogP contribution in [-0.2, 0) is 25.6 Å². The van der Waals surface area contributed by atoms with E-state index in [0.29, 0.717) is 50.8 Å². The number of carbonyl (C=O) groups is 5. The molecule has 8 N–H and O–H groups in total. The van der Waals surface area contributed by atoms with Crippen molar-refractivity contribution in [3.05, 3.63) is 59.7 Å². The Morgan fingerprint density at radius 1 is 0.736 bits per heavy atom. The van der Waals surface area contributed by atoms with Crippen molar-refractivity contribution in [2.24, 2.45) is 23.3 Å². The Bertz CT molecular complexity index is 1450. The van der Waals surface area contributed by atoms with Crippen molar-refractivity contribution in [1.29, 1.82) is 0 Å². The number of ketones is 3. The second-order valence-corrected chi connectivity index (χ2v) is 14.7. The van der Waals surface area contributed by atoms with E-state index in [0.717, 1.165) is 30.4 Å². The predicted octanol–water partition coefficient (Wildman–Crippen LogP) is 4.66. The molecule has 2 amide bonds. The van der Waals surface area contributed by atoms with E-state index in [-0.39, 0.29) is 36.6 Å².